The van der Waals surface area contributed by atoms with Gasteiger partial charge in [-0.25, -0.2) is 9.59 Å². The fraction of sp³-hybridized carbons (Fsp3) is 0.360. The second-order valence-electron chi connectivity index (χ2n) is 8.84. The monoisotopic (exact) mass is 466 g/mol. The summed E-state index contributed by atoms with van der Waals surface area (Å²) in [6.07, 6.45) is 5.65. The van der Waals surface area contributed by atoms with E-state index in [0.717, 1.165) is 11.1 Å². The van der Waals surface area contributed by atoms with E-state index in [4.69, 9.17) is 4.74 Å². The van der Waals surface area contributed by atoms with Gasteiger partial charge < -0.3 is 20.1 Å². The number of carbonyl (C=O) groups is 3. The molecule has 3 rings (SSSR count). The highest BCUT2D eigenvalue weighted by atomic mass is 16.6. The number of fused-ring (bicyclic) bond motifs is 4. The van der Waals surface area contributed by atoms with E-state index in [1.807, 2.05) is 24.3 Å². The van der Waals surface area contributed by atoms with Crippen molar-refractivity contribution in [1.82, 2.24) is 10.3 Å². The summed E-state index contributed by atoms with van der Waals surface area (Å²) < 4.78 is 10.1. The van der Waals surface area contributed by atoms with Crippen LogP contribution in [0.25, 0.3) is 11.1 Å². The lowest BCUT2D eigenvalue weighted by Crippen LogP contribution is -2.35. The first-order chi connectivity index (χ1) is 16.1. The van der Waals surface area contributed by atoms with Crippen molar-refractivity contribution < 1.29 is 23.9 Å². The number of alkyl carbamates (subject to hydrolysis) is 1. The zero-order valence-electron chi connectivity index (χ0n) is 19.8. The van der Waals surface area contributed by atoms with E-state index in [9.17, 15) is 14.4 Å². The van der Waals surface area contributed by atoms with E-state index in [-0.39, 0.29) is 12.3 Å². The number of allylic oxidation sites excluding steroid dienone is 1. The molecule has 2 heterocycles. The molecule has 1 aromatic carbocycles. The summed E-state index contributed by atoms with van der Waals surface area (Å²) >= 11 is 0. The molecule has 2 bridgehead atoms. The van der Waals surface area contributed by atoms with Crippen LogP contribution in [-0.2, 0) is 14.3 Å². The number of benzene rings is 1. The zero-order valence-corrected chi connectivity index (χ0v) is 19.8. The van der Waals surface area contributed by atoms with Crippen molar-refractivity contribution in [1.29, 1.82) is 0 Å². The van der Waals surface area contributed by atoms with Crippen LogP contribution >= 0.6 is 0 Å². The van der Waals surface area contributed by atoms with E-state index < -0.39 is 23.8 Å². The van der Waals surface area contributed by atoms with Crippen molar-refractivity contribution in [2.45, 2.75) is 51.7 Å². The first kappa shape index (κ1) is 24.8. The van der Waals surface area contributed by atoms with Crippen molar-refractivity contribution in [2.75, 3.05) is 17.7 Å². The van der Waals surface area contributed by atoms with Crippen LogP contribution in [0.1, 0.15) is 51.8 Å². The molecular weight excluding hydrogens is 436 g/mol. The maximum Gasteiger partial charge on any atom is 0.411 e. The highest BCUT2D eigenvalue weighted by Crippen LogP contribution is 2.33. The molecule has 1 atom stereocenters. The van der Waals surface area contributed by atoms with E-state index in [1.54, 1.807) is 45.2 Å². The number of amides is 3. The van der Waals surface area contributed by atoms with E-state index in [1.165, 1.54) is 7.11 Å². The lowest BCUT2D eigenvalue weighted by Gasteiger charge is -2.23. The Kier molecular flexibility index (Phi) is 7.88. The van der Waals surface area contributed by atoms with Gasteiger partial charge in [0.1, 0.15) is 5.60 Å². The summed E-state index contributed by atoms with van der Waals surface area (Å²) in [6, 6.07) is 8.47. The van der Waals surface area contributed by atoms with Crippen LogP contribution in [0.4, 0.5) is 21.0 Å². The second kappa shape index (κ2) is 10.8. The molecule has 3 amide bonds. The summed E-state index contributed by atoms with van der Waals surface area (Å²) in [5.74, 6) is -0.155. The van der Waals surface area contributed by atoms with Gasteiger partial charge in [0.25, 0.3) is 0 Å². The number of carbonyl (C=O) groups excluding carboxylic acids is 3. The minimum Gasteiger partial charge on any atom is -0.453 e. The molecule has 0 spiro atoms. The molecule has 1 aliphatic heterocycles. The number of nitrogens with zero attached hydrogens (tertiary/aromatic N) is 1. The van der Waals surface area contributed by atoms with Crippen LogP contribution in [0, 0.1) is 0 Å². The number of ether oxygens (including phenoxy) is 2. The Morgan fingerprint density at radius 1 is 1.12 bits per heavy atom. The smallest absolute Gasteiger partial charge is 0.411 e. The lowest BCUT2D eigenvalue weighted by molar-refractivity contribution is -0.116. The van der Waals surface area contributed by atoms with Crippen molar-refractivity contribution in [3.8, 4) is 11.1 Å². The summed E-state index contributed by atoms with van der Waals surface area (Å²) in [7, 11) is 1.28. The van der Waals surface area contributed by atoms with Gasteiger partial charge in [0.05, 0.1) is 24.5 Å². The second-order valence-corrected chi connectivity index (χ2v) is 8.84. The SMILES string of the molecule is COC(=O)Nc1ccc2c(c1)NC(=O)CC/C=C/C[C@H](NC(=O)OC(C)(C)C)c1cc-2ccn1. The standard InChI is InChI=1S/C25H30N4O5/c1-25(2,3)34-24(32)29-19-8-6-5-7-9-22(30)28-20-15-17(27-23(31)33-4)10-11-18(20)16-12-13-26-21(19)14-16/h5-6,10-15,19H,7-9H2,1-4H3,(H,27,31)(H,28,30)(H,29,32)/b6-5+/t19-/m0/s1. The van der Waals surface area contributed by atoms with Crippen molar-refractivity contribution >= 4 is 29.5 Å². The average Bonchev–Trinajstić information content (AvgIpc) is 2.77. The van der Waals surface area contributed by atoms with Gasteiger partial charge in [-0.15, -0.1) is 0 Å². The molecule has 9 heteroatoms. The summed E-state index contributed by atoms with van der Waals surface area (Å²) in [5.41, 5.74) is 2.59. The number of hydrogen-bond donors (Lipinski definition) is 3. The van der Waals surface area contributed by atoms with Gasteiger partial charge in [0.15, 0.2) is 0 Å². The molecular formula is C25H30N4O5. The molecule has 9 nitrogen and oxygen atoms in total. The molecule has 0 aliphatic carbocycles. The number of methoxy groups -OCH3 is 1. The molecule has 34 heavy (non-hydrogen) atoms. The highest BCUT2D eigenvalue weighted by molar-refractivity contribution is 5.97. The Labute approximate surface area is 198 Å². The normalized spacial score (nSPS) is 16.9. The predicted molar refractivity (Wildman–Crippen MR) is 129 cm³/mol. The Bertz CT molecular complexity index is 1090. The first-order valence-electron chi connectivity index (χ1n) is 11.0. The van der Waals surface area contributed by atoms with Gasteiger partial charge in [0.2, 0.25) is 5.91 Å². The quantitative estimate of drug-likeness (QED) is 0.525. The van der Waals surface area contributed by atoms with Gasteiger partial charge in [-0.05, 0) is 63.4 Å². The molecule has 2 aromatic rings. The molecule has 1 aromatic heterocycles. The van der Waals surface area contributed by atoms with E-state index in [2.05, 4.69) is 25.7 Å². The Morgan fingerprint density at radius 3 is 2.65 bits per heavy atom. The lowest BCUT2D eigenvalue weighted by atomic mass is 10.0. The average molecular weight is 467 g/mol. The number of rotatable bonds is 2. The minimum atomic E-state index is -0.626. The third-order valence-corrected chi connectivity index (χ3v) is 4.94. The number of hydrogen-bond acceptors (Lipinski definition) is 6. The third kappa shape index (κ3) is 7.06. The van der Waals surface area contributed by atoms with Crippen LogP contribution in [0.2, 0.25) is 0 Å². The third-order valence-electron chi connectivity index (χ3n) is 4.94. The van der Waals surface area contributed by atoms with Gasteiger partial charge in [0, 0.05) is 23.9 Å². The van der Waals surface area contributed by atoms with Gasteiger partial charge in [-0.1, -0.05) is 18.2 Å². The zero-order chi connectivity index (χ0) is 24.7. The number of anilines is 2. The van der Waals surface area contributed by atoms with E-state index >= 15 is 0 Å². The van der Waals surface area contributed by atoms with Crippen LogP contribution in [-0.4, -0.2) is 35.8 Å². The first-order valence-corrected chi connectivity index (χ1v) is 11.0. The fourth-order valence-electron chi connectivity index (χ4n) is 3.43. The van der Waals surface area contributed by atoms with Crippen LogP contribution in [0.3, 0.4) is 0 Å². The van der Waals surface area contributed by atoms with Gasteiger partial charge in [-0.2, -0.15) is 0 Å². The fourth-order valence-corrected chi connectivity index (χ4v) is 3.43. The number of aromatic nitrogens is 1. The Morgan fingerprint density at radius 2 is 1.91 bits per heavy atom. The van der Waals surface area contributed by atoms with Crippen LogP contribution in [0.15, 0.2) is 48.7 Å². The molecule has 3 N–H and O–H groups in total. The topological polar surface area (TPSA) is 119 Å². The molecule has 1 aliphatic rings. The largest absolute Gasteiger partial charge is 0.453 e. The maximum atomic E-state index is 12.6. The highest BCUT2D eigenvalue weighted by Gasteiger charge is 2.22. The van der Waals surface area contributed by atoms with Crippen molar-refractivity contribution in [2.24, 2.45) is 0 Å². The predicted octanol–water partition coefficient (Wildman–Crippen LogP) is 5.17. The van der Waals surface area contributed by atoms with Gasteiger partial charge in [-0.3, -0.25) is 15.1 Å². The van der Waals surface area contributed by atoms with Crippen molar-refractivity contribution in [3.05, 3.63) is 54.4 Å². The molecule has 180 valence electrons. The molecule has 0 unspecified atom stereocenters. The molecule has 0 saturated heterocycles. The minimum absolute atomic E-state index is 0.155. The molecule has 0 saturated carbocycles. The summed E-state index contributed by atoms with van der Waals surface area (Å²) in [5, 5.41) is 8.45. The number of nitrogens with one attached hydrogen (secondary N) is 3. The van der Waals surface area contributed by atoms with Crippen LogP contribution < -0.4 is 16.0 Å². The summed E-state index contributed by atoms with van der Waals surface area (Å²) in [6.45, 7) is 5.42. The number of pyridine rings is 1. The Hall–Kier alpha value is -3.88. The molecule has 0 fully saturated rings. The Balaban J connectivity index is 2.00. The van der Waals surface area contributed by atoms with Crippen LogP contribution in [0.5, 0.6) is 0 Å². The van der Waals surface area contributed by atoms with Crippen molar-refractivity contribution in [3.63, 3.8) is 0 Å². The summed E-state index contributed by atoms with van der Waals surface area (Å²) in [4.78, 5) is 41.1. The molecule has 0 radical (unpaired) electrons. The van der Waals surface area contributed by atoms with E-state index in [0.29, 0.717) is 29.9 Å². The maximum absolute atomic E-state index is 12.6. The van der Waals surface area contributed by atoms with Gasteiger partial charge >= 0.3 is 12.2 Å².